The third kappa shape index (κ3) is 1.50. The van der Waals surface area contributed by atoms with E-state index in [4.69, 9.17) is 5.73 Å². The maximum atomic E-state index is 10.7. The van der Waals surface area contributed by atoms with Crippen molar-refractivity contribution < 1.29 is 4.79 Å². The largest absolute Gasteiger partial charge is 0.351 e. The highest BCUT2D eigenvalue weighted by atomic mass is 16.2. The number of hydrogen-bond donors (Lipinski definition) is 2. The van der Waals surface area contributed by atoms with Crippen molar-refractivity contribution in [2.45, 2.75) is 0 Å². The molecular formula is C10H9N3O. The van der Waals surface area contributed by atoms with Gasteiger partial charge in [0.1, 0.15) is 0 Å². The molecule has 0 bridgehead atoms. The van der Waals surface area contributed by atoms with Gasteiger partial charge < -0.3 is 11.1 Å². The average Bonchev–Trinajstić information content (AvgIpc) is 2.18. The fourth-order valence-electron chi connectivity index (χ4n) is 1.34. The highest BCUT2D eigenvalue weighted by Gasteiger charge is 2.01. The molecule has 0 atom stereocenters. The van der Waals surface area contributed by atoms with Gasteiger partial charge in [0.15, 0.2) is 0 Å². The minimum Gasteiger partial charge on any atom is -0.351 e. The van der Waals surface area contributed by atoms with Crippen LogP contribution in [-0.2, 0) is 0 Å². The van der Waals surface area contributed by atoms with E-state index < -0.39 is 6.03 Å². The molecule has 0 saturated heterocycles. The summed E-state index contributed by atoms with van der Waals surface area (Å²) >= 11 is 0. The number of primary amides is 1. The van der Waals surface area contributed by atoms with Crippen LogP contribution in [0, 0.1) is 0 Å². The Kier molecular flexibility index (Phi) is 2.02. The first-order chi connectivity index (χ1) is 6.77. The summed E-state index contributed by atoms with van der Waals surface area (Å²) in [7, 11) is 0. The van der Waals surface area contributed by atoms with Crippen molar-refractivity contribution in [3.63, 3.8) is 0 Å². The van der Waals surface area contributed by atoms with Gasteiger partial charge in [-0.15, -0.1) is 0 Å². The normalized spacial score (nSPS) is 10.0. The number of anilines is 1. The maximum Gasteiger partial charge on any atom is 0.316 e. The molecule has 2 rings (SSSR count). The number of amides is 2. The number of pyridine rings is 1. The number of fused-ring (bicyclic) bond motifs is 1. The molecular weight excluding hydrogens is 178 g/mol. The second-order valence-corrected chi connectivity index (χ2v) is 2.86. The highest BCUT2D eigenvalue weighted by molar-refractivity contribution is 5.99. The van der Waals surface area contributed by atoms with Gasteiger partial charge in [0.2, 0.25) is 0 Å². The summed E-state index contributed by atoms with van der Waals surface area (Å²) in [6, 6.07) is 8.68. The van der Waals surface area contributed by atoms with Gasteiger partial charge in [-0.1, -0.05) is 18.2 Å². The van der Waals surface area contributed by atoms with Crippen LogP contribution in [0.5, 0.6) is 0 Å². The zero-order chi connectivity index (χ0) is 9.97. The minimum atomic E-state index is -0.568. The van der Waals surface area contributed by atoms with Crippen molar-refractivity contribution in [3.05, 3.63) is 36.5 Å². The summed E-state index contributed by atoms with van der Waals surface area (Å²) in [6.45, 7) is 0. The molecule has 0 spiro atoms. The summed E-state index contributed by atoms with van der Waals surface area (Å²) in [6.07, 6.45) is 1.63. The van der Waals surface area contributed by atoms with Crippen molar-refractivity contribution in [2.24, 2.45) is 5.73 Å². The van der Waals surface area contributed by atoms with E-state index in [-0.39, 0.29) is 0 Å². The smallest absolute Gasteiger partial charge is 0.316 e. The predicted octanol–water partition coefficient (Wildman–Crippen LogP) is 1.73. The number of benzene rings is 1. The first-order valence-electron chi connectivity index (χ1n) is 4.17. The second-order valence-electron chi connectivity index (χ2n) is 2.86. The van der Waals surface area contributed by atoms with E-state index in [0.717, 1.165) is 10.9 Å². The molecule has 4 nitrogen and oxygen atoms in total. The number of hydrogen-bond acceptors (Lipinski definition) is 2. The number of para-hydroxylation sites is 1. The molecule has 0 unspecified atom stereocenters. The summed E-state index contributed by atoms with van der Waals surface area (Å²) in [5, 5.41) is 3.43. The Morgan fingerprint density at radius 1 is 1.29 bits per heavy atom. The highest BCUT2D eigenvalue weighted by Crippen LogP contribution is 2.20. The molecule has 0 saturated carbocycles. The number of aromatic nitrogens is 1. The number of nitrogens with zero attached hydrogens (tertiary/aromatic N) is 1. The number of carbonyl (C=O) groups excluding carboxylic acids is 1. The van der Waals surface area contributed by atoms with E-state index in [1.165, 1.54) is 0 Å². The quantitative estimate of drug-likeness (QED) is 0.713. The van der Waals surface area contributed by atoms with Crippen molar-refractivity contribution in [3.8, 4) is 0 Å². The van der Waals surface area contributed by atoms with Gasteiger partial charge in [0.25, 0.3) is 0 Å². The van der Waals surface area contributed by atoms with Gasteiger partial charge in [0, 0.05) is 11.6 Å². The molecule has 4 heteroatoms. The Hall–Kier alpha value is -2.10. The SMILES string of the molecule is NC(=O)Nc1ccnc2ccccc12. The van der Waals surface area contributed by atoms with Crippen LogP contribution >= 0.6 is 0 Å². The molecule has 2 aromatic rings. The van der Waals surface area contributed by atoms with E-state index >= 15 is 0 Å². The number of nitrogens with two attached hydrogens (primary N) is 1. The van der Waals surface area contributed by atoms with Gasteiger partial charge >= 0.3 is 6.03 Å². The Balaban J connectivity index is 2.59. The molecule has 1 aromatic carbocycles. The third-order valence-electron chi connectivity index (χ3n) is 1.91. The summed E-state index contributed by atoms with van der Waals surface area (Å²) < 4.78 is 0. The molecule has 0 aliphatic rings. The number of urea groups is 1. The molecule has 0 aliphatic heterocycles. The van der Waals surface area contributed by atoms with Gasteiger partial charge in [-0.05, 0) is 12.1 Å². The molecule has 1 aromatic heterocycles. The van der Waals surface area contributed by atoms with E-state index in [1.807, 2.05) is 24.3 Å². The lowest BCUT2D eigenvalue weighted by atomic mass is 10.2. The molecule has 70 valence electrons. The first-order valence-corrected chi connectivity index (χ1v) is 4.17. The molecule has 0 fully saturated rings. The topological polar surface area (TPSA) is 68.0 Å². The second kappa shape index (κ2) is 3.33. The van der Waals surface area contributed by atoms with Gasteiger partial charge in [-0.25, -0.2) is 4.79 Å². The maximum absolute atomic E-state index is 10.7. The van der Waals surface area contributed by atoms with Gasteiger partial charge in [0.05, 0.1) is 11.2 Å². The summed E-state index contributed by atoms with van der Waals surface area (Å²) in [4.78, 5) is 14.9. The van der Waals surface area contributed by atoms with E-state index in [2.05, 4.69) is 10.3 Å². The first kappa shape index (κ1) is 8.50. The Morgan fingerprint density at radius 2 is 2.07 bits per heavy atom. The van der Waals surface area contributed by atoms with Crippen LogP contribution in [0.25, 0.3) is 10.9 Å². The van der Waals surface area contributed by atoms with Crippen LogP contribution in [0.4, 0.5) is 10.5 Å². The minimum absolute atomic E-state index is 0.568. The van der Waals surface area contributed by atoms with E-state index in [1.54, 1.807) is 12.3 Å². The Labute approximate surface area is 80.7 Å². The van der Waals surface area contributed by atoms with Crippen molar-refractivity contribution in [1.29, 1.82) is 0 Å². The van der Waals surface area contributed by atoms with E-state index in [9.17, 15) is 4.79 Å². The van der Waals surface area contributed by atoms with Crippen LogP contribution in [0.1, 0.15) is 0 Å². The lowest BCUT2D eigenvalue weighted by molar-refractivity contribution is 0.259. The number of carbonyl (C=O) groups is 1. The standard InChI is InChI=1S/C10H9N3O/c11-10(14)13-9-5-6-12-8-4-2-1-3-7(8)9/h1-6H,(H3,11,12,13,14). The number of rotatable bonds is 1. The van der Waals surface area contributed by atoms with Crippen LogP contribution in [0.15, 0.2) is 36.5 Å². The molecule has 2 amide bonds. The molecule has 3 N–H and O–H groups in total. The van der Waals surface area contributed by atoms with Gasteiger partial charge in [-0.2, -0.15) is 0 Å². The van der Waals surface area contributed by atoms with Crippen LogP contribution in [0.3, 0.4) is 0 Å². The van der Waals surface area contributed by atoms with Gasteiger partial charge in [-0.3, -0.25) is 4.98 Å². The lowest BCUT2D eigenvalue weighted by Gasteiger charge is -2.04. The average molecular weight is 187 g/mol. The fraction of sp³-hybridized carbons (Fsp3) is 0. The lowest BCUT2D eigenvalue weighted by Crippen LogP contribution is -2.19. The van der Waals surface area contributed by atoms with Crippen LogP contribution < -0.4 is 11.1 Å². The summed E-state index contributed by atoms with van der Waals surface area (Å²) in [5.74, 6) is 0. The molecule has 1 heterocycles. The van der Waals surface area contributed by atoms with E-state index in [0.29, 0.717) is 5.69 Å². The van der Waals surface area contributed by atoms with Crippen LogP contribution in [-0.4, -0.2) is 11.0 Å². The molecule has 0 radical (unpaired) electrons. The monoisotopic (exact) mass is 187 g/mol. The summed E-state index contributed by atoms with van der Waals surface area (Å²) in [5.41, 5.74) is 6.56. The fourth-order valence-corrected chi connectivity index (χ4v) is 1.34. The van der Waals surface area contributed by atoms with Crippen molar-refractivity contribution >= 4 is 22.6 Å². The Morgan fingerprint density at radius 3 is 2.86 bits per heavy atom. The molecule has 14 heavy (non-hydrogen) atoms. The number of nitrogens with one attached hydrogen (secondary N) is 1. The predicted molar refractivity (Wildman–Crippen MR) is 54.9 cm³/mol. The Bertz CT molecular complexity index is 476. The zero-order valence-electron chi connectivity index (χ0n) is 7.40. The van der Waals surface area contributed by atoms with Crippen molar-refractivity contribution in [1.82, 2.24) is 4.98 Å². The van der Waals surface area contributed by atoms with Crippen molar-refractivity contribution in [2.75, 3.05) is 5.32 Å². The van der Waals surface area contributed by atoms with Crippen LogP contribution in [0.2, 0.25) is 0 Å². The zero-order valence-corrected chi connectivity index (χ0v) is 7.40. The molecule has 0 aliphatic carbocycles. The third-order valence-corrected chi connectivity index (χ3v) is 1.91.